The Kier molecular flexibility index (Phi) is 2.66. The Hall–Kier alpha value is -1.81. The molecule has 4 nitrogen and oxygen atoms in total. The summed E-state index contributed by atoms with van der Waals surface area (Å²) in [5.74, 6) is -0.466. The number of esters is 1. The number of ether oxygens (including phenoxy) is 1. The van der Waals surface area contributed by atoms with E-state index in [1.54, 1.807) is 13.1 Å². The summed E-state index contributed by atoms with van der Waals surface area (Å²) in [5.41, 5.74) is 6.45. The zero-order valence-electron chi connectivity index (χ0n) is 9.07. The van der Waals surface area contributed by atoms with Crippen LogP contribution in [0.5, 0.6) is 0 Å². The quantitative estimate of drug-likeness (QED) is 0.725. The van der Waals surface area contributed by atoms with Gasteiger partial charge in [-0.3, -0.25) is 5.73 Å². The van der Waals surface area contributed by atoms with E-state index in [-0.39, 0.29) is 0 Å². The Bertz CT molecular complexity index is 442. The second kappa shape index (κ2) is 3.98. The van der Waals surface area contributed by atoms with E-state index in [0.29, 0.717) is 6.61 Å². The molecule has 1 unspecified atom stereocenters. The summed E-state index contributed by atoms with van der Waals surface area (Å²) >= 11 is 0. The van der Waals surface area contributed by atoms with Crippen LogP contribution < -0.4 is 11.1 Å². The average Bonchev–Trinajstić information content (AvgIpc) is 2.30. The van der Waals surface area contributed by atoms with Gasteiger partial charge in [0.15, 0.2) is 0 Å². The van der Waals surface area contributed by atoms with Gasteiger partial charge in [0.05, 0.1) is 6.61 Å². The van der Waals surface area contributed by atoms with Crippen molar-refractivity contribution < 1.29 is 9.53 Å². The van der Waals surface area contributed by atoms with E-state index in [2.05, 4.69) is 5.32 Å². The molecular weight excluding hydrogens is 204 g/mol. The highest BCUT2D eigenvalue weighted by Gasteiger charge is 2.39. The zero-order chi connectivity index (χ0) is 11.6. The molecule has 0 aliphatic carbocycles. The Balaban J connectivity index is 2.44. The summed E-state index contributed by atoms with van der Waals surface area (Å²) in [5, 5.41) is 2.86. The molecule has 4 heteroatoms. The molecule has 0 spiro atoms. The maximum Gasteiger partial charge on any atom is 0.351 e. The van der Waals surface area contributed by atoms with Gasteiger partial charge in [0.25, 0.3) is 0 Å². The van der Waals surface area contributed by atoms with Crippen LogP contribution in [0.4, 0.5) is 0 Å². The van der Waals surface area contributed by atoms with Gasteiger partial charge in [-0.05, 0) is 24.8 Å². The van der Waals surface area contributed by atoms with Crippen LogP contribution in [-0.2, 0) is 15.2 Å². The number of nitrogens with two attached hydrogens (primary N) is 1. The van der Waals surface area contributed by atoms with Crippen LogP contribution in [-0.4, -0.2) is 12.6 Å². The minimum Gasteiger partial charge on any atom is -0.463 e. The van der Waals surface area contributed by atoms with E-state index in [1.165, 1.54) is 0 Å². The van der Waals surface area contributed by atoms with Gasteiger partial charge < -0.3 is 10.1 Å². The number of carbonyl (C=O) groups excluding carboxylic acids is 1. The Morgan fingerprint density at radius 1 is 1.50 bits per heavy atom. The fraction of sp³-hybridized carbons (Fsp3) is 0.250. The topological polar surface area (TPSA) is 64.3 Å². The molecule has 2 rings (SSSR count). The Morgan fingerprint density at radius 3 is 3.00 bits per heavy atom. The molecule has 1 aliphatic rings. The highest BCUT2D eigenvalue weighted by molar-refractivity contribution is 5.85. The van der Waals surface area contributed by atoms with Crippen LogP contribution >= 0.6 is 0 Å². The van der Waals surface area contributed by atoms with Crippen molar-refractivity contribution in [2.45, 2.75) is 12.6 Å². The van der Waals surface area contributed by atoms with Crippen molar-refractivity contribution >= 4 is 12.0 Å². The van der Waals surface area contributed by atoms with Gasteiger partial charge >= 0.3 is 5.97 Å². The zero-order valence-corrected chi connectivity index (χ0v) is 9.07. The summed E-state index contributed by atoms with van der Waals surface area (Å²) in [7, 11) is 0. The molecule has 0 saturated carbocycles. The van der Waals surface area contributed by atoms with Gasteiger partial charge in [0, 0.05) is 5.56 Å². The highest BCUT2D eigenvalue weighted by Crippen LogP contribution is 2.25. The van der Waals surface area contributed by atoms with Gasteiger partial charge in [-0.25, -0.2) is 4.79 Å². The standard InChI is InChI=1S/C12H14N2O2/c1-2-16-11(15)12(13)10-6-4-3-5-9(10)7-8-14-12/h3-8,14H,2,13H2,1H3. The molecule has 0 amide bonds. The maximum absolute atomic E-state index is 11.8. The van der Waals surface area contributed by atoms with Crippen LogP contribution in [0.1, 0.15) is 18.1 Å². The number of hydrogen-bond acceptors (Lipinski definition) is 4. The first-order valence-corrected chi connectivity index (χ1v) is 5.18. The first-order valence-electron chi connectivity index (χ1n) is 5.18. The summed E-state index contributed by atoms with van der Waals surface area (Å²) in [6, 6.07) is 7.48. The second-order valence-corrected chi connectivity index (χ2v) is 3.59. The predicted octanol–water partition coefficient (Wildman–Crippen LogP) is 0.935. The molecule has 0 saturated heterocycles. The number of hydrogen-bond donors (Lipinski definition) is 2. The van der Waals surface area contributed by atoms with E-state index in [0.717, 1.165) is 11.1 Å². The third kappa shape index (κ3) is 1.57. The van der Waals surface area contributed by atoms with Gasteiger partial charge in [0.2, 0.25) is 5.66 Å². The first kappa shape index (κ1) is 10.7. The van der Waals surface area contributed by atoms with Crippen LogP contribution in [0.3, 0.4) is 0 Å². The Morgan fingerprint density at radius 2 is 2.25 bits per heavy atom. The summed E-state index contributed by atoms with van der Waals surface area (Å²) in [4.78, 5) is 11.8. The van der Waals surface area contributed by atoms with Crippen molar-refractivity contribution in [2.24, 2.45) is 5.73 Å². The van der Waals surface area contributed by atoms with Crippen molar-refractivity contribution in [1.29, 1.82) is 0 Å². The van der Waals surface area contributed by atoms with E-state index in [9.17, 15) is 4.79 Å². The van der Waals surface area contributed by atoms with Crippen molar-refractivity contribution in [1.82, 2.24) is 5.32 Å². The molecule has 16 heavy (non-hydrogen) atoms. The van der Waals surface area contributed by atoms with Crippen molar-refractivity contribution in [3.8, 4) is 0 Å². The number of rotatable bonds is 2. The molecule has 0 aromatic heterocycles. The van der Waals surface area contributed by atoms with Crippen LogP contribution in [0.25, 0.3) is 6.08 Å². The molecule has 0 fully saturated rings. The minimum atomic E-state index is -1.28. The van der Waals surface area contributed by atoms with Crippen molar-refractivity contribution in [3.63, 3.8) is 0 Å². The lowest BCUT2D eigenvalue weighted by molar-refractivity contribution is -0.151. The molecule has 1 heterocycles. The molecule has 3 N–H and O–H groups in total. The molecule has 1 aliphatic heterocycles. The number of benzene rings is 1. The van der Waals surface area contributed by atoms with Crippen LogP contribution in [0, 0.1) is 0 Å². The third-order valence-corrected chi connectivity index (χ3v) is 2.56. The normalized spacial score (nSPS) is 22.1. The van der Waals surface area contributed by atoms with Crippen LogP contribution in [0.15, 0.2) is 30.5 Å². The maximum atomic E-state index is 11.8. The SMILES string of the molecule is CCOC(=O)C1(N)NC=Cc2ccccc21. The van der Waals surface area contributed by atoms with Gasteiger partial charge in [-0.15, -0.1) is 0 Å². The van der Waals surface area contributed by atoms with E-state index >= 15 is 0 Å². The van der Waals surface area contributed by atoms with Crippen molar-refractivity contribution in [3.05, 3.63) is 41.6 Å². The third-order valence-electron chi connectivity index (χ3n) is 2.56. The van der Waals surface area contributed by atoms with Gasteiger partial charge in [-0.2, -0.15) is 0 Å². The largest absolute Gasteiger partial charge is 0.463 e. The minimum absolute atomic E-state index is 0.311. The lowest BCUT2D eigenvalue weighted by Gasteiger charge is -2.31. The lowest BCUT2D eigenvalue weighted by atomic mass is 9.92. The average molecular weight is 218 g/mol. The molecule has 1 atom stereocenters. The van der Waals surface area contributed by atoms with Gasteiger partial charge in [0.1, 0.15) is 0 Å². The molecule has 84 valence electrons. The summed E-state index contributed by atoms with van der Waals surface area (Å²) in [6.45, 7) is 2.07. The smallest absolute Gasteiger partial charge is 0.351 e. The fourth-order valence-corrected chi connectivity index (χ4v) is 1.76. The van der Waals surface area contributed by atoms with E-state index in [1.807, 2.05) is 30.3 Å². The predicted molar refractivity (Wildman–Crippen MR) is 61.1 cm³/mol. The monoisotopic (exact) mass is 218 g/mol. The molecular formula is C12H14N2O2. The second-order valence-electron chi connectivity index (χ2n) is 3.59. The summed E-state index contributed by atoms with van der Waals surface area (Å²) in [6.07, 6.45) is 3.54. The first-order chi connectivity index (χ1) is 7.68. The Labute approximate surface area is 94.1 Å². The van der Waals surface area contributed by atoms with Crippen molar-refractivity contribution in [2.75, 3.05) is 6.61 Å². The lowest BCUT2D eigenvalue weighted by Crippen LogP contribution is -2.56. The molecule has 0 radical (unpaired) electrons. The number of fused-ring (bicyclic) bond motifs is 1. The summed E-state index contributed by atoms with van der Waals surface area (Å²) < 4.78 is 4.98. The van der Waals surface area contributed by atoms with E-state index < -0.39 is 11.6 Å². The van der Waals surface area contributed by atoms with Crippen LogP contribution in [0.2, 0.25) is 0 Å². The fourth-order valence-electron chi connectivity index (χ4n) is 1.76. The molecule has 1 aromatic rings. The number of carbonyl (C=O) groups is 1. The highest BCUT2D eigenvalue weighted by atomic mass is 16.5. The van der Waals surface area contributed by atoms with E-state index in [4.69, 9.17) is 10.5 Å². The molecule has 1 aromatic carbocycles. The number of nitrogens with one attached hydrogen (secondary N) is 1. The molecule has 0 bridgehead atoms. The van der Waals surface area contributed by atoms with Gasteiger partial charge in [-0.1, -0.05) is 24.3 Å².